The molecule has 2 aliphatic heterocycles. The number of fused-ring (bicyclic) bond motifs is 1. The maximum absolute atomic E-state index is 12.2. The second-order valence-corrected chi connectivity index (χ2v) is 6.98. The van der Waals surface area contributed by atoms with Gasteiger partial charge in [-0.3, -0.25) is 23.5 Å². The fourth-order valence-electron chi connectivity index (χ4n) is 2.70. The number of hydrogen-bond acceptors (Lipinski definition) is 4. The lowest BCUT2D eigenvalue weighted by molar-refractivity contribution is -0.130. The summed E-state index contributed by atoms with van der Waals surface area (Å²) in [6, 6.07) is 6.67. The molecule has 0 N–H and O–H groups in total. The highest BCUT2D eigenvalue weighted by molar-refractivity contribution is 7.85. The Bertz CT molecular complexity index is 628. The van der Waals surface area contributed by atoms with Crippen molar-refractivity contribution in [3.8, 4) is 0 Å². The molecular weight excluding hydrogens is 304 g/mol. The van der Waals surface area contributed by atoms with E-state index in [-0.39, 0.29) is 30.7 Å². The molecule has 0 radical (unpaired) electrons. The summed E-state index contributed by atoms with van der Waals surface area (Å²) >= 11 is 0. The highest BCUT2D eigenvalue weighted by Gasteiger charge is 2.35. The van der Waals surface area contributed by atoms with Gasteiger partial charge < -0.3 is 4.90 Å². The lowest BCUT2D eigenvalue weighted by Crippen LogP contribution is -2.43. The zero-order valence-electron chi connectivity index (χ0n) is 12.0. The SMILES string of the molecule is O=C(CCN1C(=O)c2ccccc2C1=O)N1CCS(=O)CC1. The molecule has 3 rings (SSSR count). The quantitative estimate of drug-likeness (QED) is 0.749. The van der Waals surface area contributed by atoms with Crippen molar-refractivity contribution in [1.29, 1.82) is 0 Å². The molecule has 2 heterocycles. The maximum Gasteiger partial charge on any atom is 0.261 e. The molecule has 0 aliphatic carbocycles. The van der Waals surface area contributed by atoms with Crippen molar-refractivity contribution < 1.29 is 18.6 Å². The number of hydrogen-bond donors (Lipinski definition) is 0. The summed E-state index contributed by atoms with van der Waals surface area (Å²) in [5.41, 5.74) is 0.793. The molecule has 7 heteroatoms. The predicted molar refractivity (Wildman–Crippen MR) is 80.9 cm³/mol. The van der Waals surface area contributed by atoms with E-state index < -0.39 is 10.8 Å². The monoisotopic (exact) mass is 320 g/mol. The number of rotatable bonds is 3. The summed E-state index contributed by atoms with van der Waals surface area (Å²) in [6.07, 6.45) is 0.109. The Morgan fingerprint density at radius 1 is 1.05 bits per heavy atom. The van der Waals surface area contributed by atoms with Gasteiger partial charge in [0.25, 0.3) is 11.8 Å². The number of benzene rings is 1. The van der Waals surface area contributed by atoms with Crippen LogP contribution in [0, 0.1) is 0 Å². The molecule has 1 aromatic rings. The fraction of sp³-hybridized carbons (Fsp3) is 0.400. The van der Waals surface area contributed by atoms with E-state index in [4.69, 9.17) is 0 Å². The highest BCUT2D eigenvalue weighted by Crippen LogP contribution is 2.22. The van der Waals surface area contributed by atoms with Crippen LogP contribution in [0.2, 0.25) is 0 Å². The largest absolute Gasteiger partial charge is 0.341 e. The summed E-state index contributed by atoms with van der Waals surface area (Å²) in [4.78, 5) is 39.3. The van der Waals surface area contributed by atoms with E-state index in [0.29, 0.717) is 35.7 Å². The Morgan fingerprint density at radius 2 is 1.59 bits per heavy atom. The molecule has 1 fully saturated rings. The number of nitrogens with zero attached hydrogens (tertiary/aromatic N) is 2. The second kappa shape index (κ2) is 6.00. The van der Waals surface area contributed by atoms with E-state index in [0.717, 1.165) is 4.90 Å². The van der Waals surface area contributed by atoms with Crippen LogP contribution in [-0.4, -0.2) is 62.9 Å². The second-order valence-electron chi connectivity index (χ2n) is 5.29. The first-order valence-electron chi connectivity index (χ1n) is 7.16. The Hall–Kier alpha value is -2.02. The molecule has 3 amide bonds. The van der Waals surface area contributed by atoms with Crippen molar-refractivity contribution >= 4 is 28.5 Å². The smallest absolute Gasteiger partial charge is 0.261 e. The number of carbonyl (C=O) groups is 3. The van der Waals surface area contributed by atoms with Gasteiger partial charge in [-0.1, -0.05) is 12.1 Å². The Labute approximate surface area is 130 Å². The lowest BCUT2D eigenvalue weighted by Gasteiger charge is -2.27. The third-order valence-electron chi connectivity index (χ3n) is 3.96. The first kappa shape index (κ1) is 14.9. The molecular formula is C15H16N2O4S. The topological polar surface area (TPSA) is 74.8 Å². The van der Waals surface area contributed by atoms with Gasteiger partial charge in [-0.15, -0.1) is 0 Å². The van der Waals surface area contributed by atoms with E-state index in [9.17, 15) is 18.6 Å². The molecule has 1 saturated heterocycles. The number of amides is 3. The Morgan fingerprint density at radius 3 is 2.14 bits per heavy atom. The van der Waals surface area contributed by atoms with Gasteiger partial charge in [0, 0.05) is 48.4 Å². The van der Waals surface area contributed by atoms with Crippen molar-refractivity contribution in [2.75, 3.05) is 31.1 Å². The maximum atomic E-state index is 12.2. The standard InChI is InChI=1S/C15H16N2O4S/c18-13(16-7-9-22(21)10-8-16)5-6-17-14(19)11-3-1-2-4-12(11)15(17)20/h1-4H,5-10H2. The van der Waals surface area contributed by atoms with Crippen molar-refractivity contribution in [3.63, 3.8) is 0 Å². The first-order chi connectivity index (χ1) is 10.6. The highest BCUT2D eigenvalue weighted by atomic mass is 32.2. The molecule has 1 aromatic carbocycles. The predicted octanol–water partition coefficient (Wildman–Crippen LogP) is 0.264. The van der Waals surface area contributed by atoms with Gasteiger partial charge in [0.2, 0.25) is 5.91 Å². The van der Waals surface area contributed by atoms with Gasteiger partial charge in [-0.05, 0) is 12.1 Å². The average molecular weight is 320 g/mol. The van der Waals surface area contributed by atoms with Gasteiger partial charge >= 0.3 is 0 Å². The average Bonchev–Trinajstić information content (AvgIpc) is 2.78. The van der Waals surface area contributed by atoms with Gasteiger partial charge in [-0.25, -0.2) is 0 Å². The van der Waals surface area contributed by atoms with Gasteiger partial charge in [0.15, 0.2) is 0 Å². The van der Waals surface area contributed by atoms with E-state index in [1.54, 1.807) is 29.2 Å². The van der Waals surface area contributed by atoms with E-state index in [2.05, 4.69) is 0 Å². The van der Waals surface area contributed by atoms with Gasteiger partial charge in [-0.2, -0.15) is 0 Å². The Balaban J connectivity index is 1.61. The molecule has 0 unspecified atom stereocenters. The zero-order valence-corrected chi connectivity index (χ0v) is 12.8. The van der Waals surface area contributed by atoms with Crippen molar-refractivity contribution in [2.24, 2.45) is 0 Å². The summed E-state index contributed by atoms with van der Waals surface area (Å²) < 4.78 is 11.3. The third kappa shape index (κ3) is 2.68. The van der Waals surface area contributed by atoms with E-state index in [1.807, 2.05) is 0 Å². The minimum atomic E-state index is -0.834. The van der Waals surface area contributed by atoms with Crippen molar-refractivity contribution in [1.82, 2.24) is 9.80 Å². The molecule has 0 bridgehead atoms. The zero-order chi connectivity index (χ0) is 15.7. The fourth-order valence-corrected chi connectivity index (χ4v) is 3.75. The van der Waals surface area contributed by atoms with Crippen LogP contribution in [0.4, 0.5) is 0 Å². The Kier molecular flexibility index (Phi) is 4.06. The van der Waals surface area contributed by atoms with Crippen molar-refractivity contribution in [2.45, 2.75) is 6.42 Å². The number of imide groups is 1. The normalized spacial score (nSPS) is 18.7. The molecule has 0 aromatic heterocycles. The molecule has 0 spiro atoms. The molecule has 22 heavy (non-hydrogen) atoms. The van der Waals surface area contributed by atoms with E-state index in [1.165, 1.54) is 0 Å². The third-order valence-corrected chi connectivity index (χ3v) is 5.23. The summed E-state index contributed by atoms with van der Waals surface area (Å²) in [5.74, 6) is 0.215. The van der Waals surface area contributed by atoms with Crippen LogP contribution in [-0.2, 0) is 15.6 Å². The number of carbonyl (C=O) groups excluding carboxylic acids is 3. The minimum absolute atomic E-state index is 0.0881. The molecule has 0 saturated carbocycles. The van der Waals surface area contributed by atoms with E-state index >= 15 is 0 Å². The van der Waals surface area contributed by atoms with Crippen molar-refractivity contribution in [3.05, 3.63) is 35.4 Å². The van der Waals surface area contributed by atoms with Crippen LogP contribution in [0.25, 0.3) is 0 Å². The lowest BCUT2D eigenvalue weighted by atomic mass is 10.1. The summed E-state index contributed by atoms with van der Waals surface area (Å²) in [6.45, 7) is 1.05. The van der Waals surface area contributed by atoms with Crippen LogP contribution in [0.15, 0.2) is 24.3 Å². The van der Waals surface area contributed by atoms with Gasteiger partial charge in [0.05, 0.1) is 11.1 Å². The van der Waals surface area contributed by atoms with Crippen LogP contribution >= 0.6 is 0 Å². The summed E-state index contributed by atoms with van der Waals surface area (Å²) in [7, 11) is -0.834. The van der Waals surface area contributed by atoms with Crippen LogP contribution in [0.1, 0.15) is 27.1 Å². The minimum Gasteiger partial charge on any atom is -0.341 e. The molecule has 116 valence electrons. The van der Waals surface area contributed by atoms with Crippen LogP contribution < -0.4 is 0 Å². The molecule has 6 nitrogen and oxygen atoms in total. The van der Waals surface area contributed by atoms with Gasteiger partial charge in [0.1, 0.15) is 0 Å². The summed E-state index contributed by atoms with van der Waals surface area (Å²) in [5, 5.41) is 0. The van der Waals surface area contributed by atoms with Crippen LogP contribution in [0.5, 0.6) is 0 Å². The molecule has 0 atom stereocenters. The first-order valence-corrected chi connectivity index (χ1v) is 8.64. The molecule has 2 aliphatic rings. The van der Waals surface area contributed by atoms with Crippen LogP contribution in [0.3, 0.4) is 0 Å².